The summed E-state index contributed by atoms with van der Waals surface area (Å²) in [5.41, 5.74) is 6.71. The summed E-state index contributed by atoms with van der Waals surface area (Å²) in [5, 5.41) is 3.50. The van der Waals surface area contributed by atoms with E-state index in [9.17, 15) is 4.79 Å². The lowest BCUT2D eigenvalue weighted by Gasteiger charge is -2.34. The molecule has 1 aliphatic carbocycles. The second-order valence-electron chi connectivity index (χ2n) is 8.63. The van der Waals surface area contributed by atoms with Gasteiger partial charge in [0.1, 0.15) is 5.75 Å². The van der Waals surface area contributed by atoms with Crippen LogP contribution in [0.15, 0.2) is 36.4 Å². The fourth-order valence-corrected chi connectivity index (χ4v) is 4.71. The van der Waals surface area contributed by atoms with Crippen LogP contribution in [0, 0.1) is 0 Å². The van der Waals surface area contributed by atoms with Crippen molar-refractivity contribution < 1.29 is 9.53 Å². The number of anilines is 1. The number of fused-ring (bicyclic) bond motifs is 2. The van der Waals surface area contributed by atoms with Crippen LogP contribution in [-0.4, -0.2) is 38.1 Å². The predicted molar refractivity (Wildman–Crippen MR) is 118 cm³/mol. The second kappa shape index (κ2) is 7.34. The number of nitrogens with zero attached hydrogens (tertiary/aromatic N) is 1. The lowest BCUT2D eigenvalue weighted by Crippen LogP contribution is -2.49. The summed E-state index contributed by atoms with van der Waals surface area (Å²) in [4.78, 5) is 15.4. The second-order valence-corrected chi connectivity index (χ2v) is 8.63. The number of carbonyl (C=O) groups excluding carboxylic acids is 1. The monoisotopic (exact) mass is 388 g/mol. The van der Waals surface area contributed by atoms with E-state index in [-0.39, 0.29) is 5.78 Å². The van der Waals surface area contributed by atoms with Gasteiger partial charge in [0, 0.05) is 54.8 Å². The zero-order valence-corrected chi connectivity index (χ0v) is 17.2. The Hall–Kier alpha value is -2.59. The van der Waals surface area contributed by atoms with Gasteiger partial charge in [0.25, 0.3) is 0 Å². The van der Waals surface area contributed by atoms with Crippen LogP contribution in [0.2, 0.25) is 0 Å². The molecule has 2 atom stereocenters. The molecule has 5 rings (SSSR count). The number of benzene rings is 2. The number of allylic oxidation sites excluding steroid dienone is 1. The molecule has 4 heteroatoms. The average Bonchev–Trinajstić information content (AvgIpc) is 3.01. The third-order valence-corrected chi connectivity index (χ3v) is 6.43. The molecule has 1 unspecified atom stereocenters. The van der Waals surface area contributed by atoms with Crippen LogP contribution in [-0.2, 0) is 11.2 Å². The Kier molecular flexibility index (Phi) is 4.67. The number of Topliss-reactive ketones (excluding diaryl/α,β-unsaturated/α-hetero) is 1. The molecule has 0 amide bonds. The van der Waals surface area contributed by atoms with E-state index in [4.69, 9.17) is 4.74 Å². The summed E-state index contributed by atoms with van der Waals surface area (Å²) in [5.74, 6) is 1.56. The Morgan fingerprint density at radius 2 is 2.00 bits per heavy atom. The number of nitrogens with one attached hydrogen (secondary N) is 1. The van der Waals surface area contributed by atoms with Crippen molar-refractivity contribution in [1.29, 1.82) is 0 Å². The summed E-state index contributed by atoms with van der Waals surface area (Å²) in [6.45, 7) is 8.18. The van der Waals surface area contributed by atoms with Crippen molar-refractivity contribution >= 4 is 23.1 Å². The van der Waals surface area contributed by atoms with E-state index in [1.165, 1.54) is 16.8 Å². The molecule has 1 saturated heterocycles. The molecule has 2 aliphatic heterocycles. The number of hydrogen-bond donors (Lipinski definition) is 1. The van der Waals surface area contributed by atoms with Crippen LogP contribution in [0.25, 0.3) is 11.6 Å². The lowest BCUT2D eigenvalue weighted by atomic mass is 9.95. The topological polar surface area (TPSA) is 41.6 Å². The maximum atomic E-state index is 12.9. The van der Waals surface area contributed by atoms with Crippen molar-refractivity contribution in [2.24, 2.45) is 0 Å². The Labute approximate surface area is 172 Å². The van der Waals surface area contributed by atoms with Gasteiger partial charge in [0.2, 0.25) is 0 Å². The van der Waals surface area contributed by atoms with Crippen molar-refractivity contribution in [2.75, 3.05) is 31.1 Å². The number of piperazine rings is 1. The summed E-state index contributed by atoms with van der Waals surface area (Å²) >= 11 is 0. The predicted octanol–water partition coefficient (Wildman–Crippen LogP) is 4.04. The minimum Gasteiger partial charge on any atom is -0.493 e. The maximum Gasteiger partial charge on any atom is 0.163 e. The molecular formula is C25H28N2O2. The van der Waals surface area contributed by atoms with Crippen LogP contribution >= 0.6 is 0 Å². The molecule has 2 heterocycles. The van der Waals surface area contributed by atoms with Gasteiger partial charge in [-0.25, -0.2) is 0 Å². The van der Waals surface area contributed by atoms with Crippen molar-refractivity contribution in [3.05, 3.63) is 58.7 Å². The number of hydrogen-bond acceptors (Lipinski definition) is 4. The van der Waals surface area contributed by atoms with Gasteiger partial charge in [-0.15, -0.1) is 0 Å². The highest BCUT2D eigenvalue weighted by Gasteiger charge is 2.24. The van der Waals surface area contributed by atoms with Crippen LogP contribution in [0.3, 0.4) is 0 Å². The Morgan fingerprint density at radius 3 is 2.86 bits per heavy atom. The van der Waals surface area contributed by atoms with E-state index in [0.717, 1.165) is 55.1 Å². The highest BCUT2D eigenvalue weighted by Crippen LogP contribution is 2.37. The minimum absolute atomic E-state index is 0.213. The summed E-state index contributed by atoms with van der Waals surface area (Å²) in [6.07, 6.45) is 3.42. The number of rotatable bonds is 2. The molecule has 0 bridgehead atoms. The molecule has 3 aliphatic rings. The third-order valence-electron chi connectivity index (χ3n) is 6.43. The molecule has 0 aromatic heterocycles. The van der Waals surface area contributed by atoms with Crippen LogP contribution in [0.1, 0.15) is 48.4 Å². The Bertz CT molecular complexity index is 994. The van der Waals surface area contributed by atoms with Gasteiger partial charge in [0.15, 0.2) is 5.78 Å². The summed E-state index contributed by atoms with van der Waals surface area (Å²) < 4.78 is 5.82. The lowest BCUT2D eigenvalue weighted by molar-refractivity contribution is -0.113. The van der Waals surface area contributed by atoms with E-state index < -0.39 is 0 Å². The number of aryl methyl sites for hydroxylation is 1. The highest BCUT2D eigenvalue weighted by atomic mass is 16.5. The molecule has 0 saturated carbocycles. The zero-order valence-electron chi connectivity index (χ0n) is 17.2. The summed E-state index contributed by atoms with van der Waals surface area (Å²) in [7, 11) is 0. The highest BCUT2D eigenvalue weighted by molar-refractivity contribution is 6.26. The molecule has 2 aromatic rings. The molecule has 150 valence electrons. The van der Waals surface area contributed by atoms with Gasteiger partial charge < -0.3 is 15.0 Å². The molecule has 0 radical (unpaired) electrons. The molecule has 1 N–H and O–H groups in total. The van der Waals surface area contributed by atoms with Crippen molar-refractivity contribution in [3.8, 4) is 5.75 Å². The minimum atomic E-state index is 0.213. The zero-order chi connectivity index (χ0) is 20.0. The first kappa shape index (κ1) is 18.4. The van der Waals surface area contributed by atoms with Gasteiger partial charge in [-0.3, -0.25) is 4.79 Å². The largest absolute Gasteiger partial charge is 0.493 e. The van der Waals surface area contributed by atoms with E-state index in [0.29, 0.717) is 18.4 Å². The molecule has 2 aromatic carbocycles. The third kappa shape index (κ3) is 3.46. The molecule has 29 heavy (non-hydrogen) atoms. The first-order valence-electron chi connectivity index (χ1n) is 10.7. The molecule has 0 spiro atoms. The number of carbonyl (C=O) groups is 1. The smallest absolute Gasteiger partial charge is 0.163 e. The van der Waals surface area contributed by atoms with E-state index in [1.54, 1.807) is 0 Å². The molecule has 4 nitrogen and oxygen atoms in total. The van der Waals surface area contributed by atoms with Crippen molar-refractivity contribution in [2.45, 2.75) is 38.6 Å². The Balaban J connectivity index is 1.48. The molecular weight excluding hydrogens is 360 g/mol. The number of ketones is 1. The van der Waals surface area contributed by atoms with Crippen molar-refractivity contribution in [3.63, 3.8) is 0 Å². The first-order valence-corrected chi connectivity index (χ1v) is 10.7. The molecule has 1 fully saturated rings. The Morgan fingerprint density at radius 1 is 1.10 bits per heavy atom. The van der Waals surface area contributed by atoms with Gasteiger partial charge >= 0.3 is 0 Å². The SMILES string of the molecule is CC1COc2cc(C3=Cc4ccc(N5CCN[C@H](C)C5)cc4CCC3=O)ccc21. The fourth-order valence-electron chi connectivity index (χ4n) is 4.71. The van der Waals surface area contributed by atoms with Crippen LogP contribution < -0.4 is 15.0 Å². The normalized spacial score (nSPS) is 23.7. The van der Waals surface area contributed by atoms with Crippen LogP contribution in [0.5, 0.6) is 5.75 Å². The van der Waals surface area contributed by atoms with Gasteiger partial charge in [-0.05, 0) is 54.3 Å². The van der Waals surface area contributed by atoms with Crippen molar-refractivity contribution in [1.82, 2.24) is 5.32 Å². The maximum absolute atomic E-state index is 12.9. The average molecular weight is 389 g/mol. The van der Waals surface area contributed by atoms with E-state index in [2.05, 4.69) is 60.5 Å². The van der Waals surface area contributed by atoms with Gasteiger partial charge in [0.05, 0.1) is 6.61 Å². The van der Waals surface area contributed by atoms with Crippen LogP contribution in [0.4, 0.5) is 5.69 Å². The van der Waals surface area contributed by atoms with E-state index >= 15 is 0 Å². The van der Waals surface area contributed by atoms with Gasteiger partial charge in [-0.2, -0.15) is 0 Å². The van der Waals surface area contributed by atoms with Gasteiger partial charge in [-0.1, -0.05) is 25.1 Å². The first-order chi connectivity index (χ1) is 14.1. The quantitative estimate of drug-likeness (QED) is 0.843. The fraction of sp³-hybridized carbons (Fsp3) is 0.400. The van der Waals surface area contributed by atoms with E-state index in [1.807, 2.05) is 6.07 Å². The standard InChI is InChI=1S/C25H28N2O2/c1-16-15-29-25-13-20(4-7-22(16)25)23-12-19-3-6-21(11-18(19)5-8-24(23)28)27-10-9-26-17(2)14-27/h3-4,6-7,11-13,16-17,26H,5,8-10,14-15H2,1-2H3/t16?,17-/m1/s1. The number of ether oxygens (including phenoxy) is 1. The summed E-state index contributed by atoms with van der Waals surface area (Å²) in [6, 6.07) is 13.4.